The molecule has 0 aliphatic carbocycles. The van der Waals surface area contributed by atoms with Gasteiger partial charge in [0, 0.05) is 24.0 Å². The summed E-state index contributed by atoms with van der Waals surface area (Å²) in [6.45, 7) is 5.16. The van der Waals surface area contributed by atoms with Crippen molar-refractivity contribution < 1.29 is 47.9 Å². The van der Waals surface area contributed by atoms with Gasteiger partial charge in [0.25, 0.3) is 0 Å². The Bertz CT molecular complexity index is 1540. The van der Waals surface area contributed by atoms with Crippen molar-refractivity contribution >= 4 is 33.5 Å². The van der Waals surface area contributed by atoms with E-state index in [0.717, 1.165) is 65.0 Å². The number of hydrogen-bond acceptors (Lipinski definition) is 9. The van der Waals surface area contributed by atoms with E-state index in [0.29, 0.717) is 51.4 Å². The van der Waals surface area contributed by atoms with Crippen LogP contribution in [-0.4, -0.2) is 70.2 Å². The number of hydrogen-bond donors (Lipinski definition) is 0. The largest absolute Gasteiger partial charge is 0.494 e. The number of benzene rings is 3. The van der Waals surface area contributed by atoms with Crippen molar-refractivity contribution in [2.24, 2.45) is 0 Å². The smallest absolute Gasteiger partial charge is 0.306 e. The van der Waals surface area contributed by atoms with Crippen molar-refractivity contribution in [3.05, 3.63) is 71.8 Å². The van der Waals surface area contributed by atoms with Gasteiger partial charge in [-0.3, -0.25) is 9.59 Å². The van der Waals surface area contributed by atoms with Gasteiger partial charge >= 0.3 is 11.9 Å². The van der Waals surface area contributed by atoms with Crippen LogP contribution in [0, 0.1) is 0 Å². The average molecular weight is 721 g/mol. The number of ether oxygens (including phenoxy) is 4. The minimum absolute atomic E-state index is 0. The van der Waals surface area contributed by atoms with Gasteiger partial charge in [-0.05, 0) is 111 Å². The Kier molecular flexibility index (Phi) is 20.3. The summed E-state index contributed by atoms with van der Waals surface area (Å²) in [5.41, 5.74) is 3.89. The molecule has 3 aromatic rings. The quantitative estimate of drug-likeness (QED) is 0.0704. The number of carbonyl (C=O) groups is 2. The molecular formula is C37H52O10S2. The van der Waals surface area contributed by atoms with E-state index in [2.05, 4.69) is 6.07 Å². The monoisotopic (exact) mass is 720 g/mol. The molecule has 0 fully saturated rings. The zero-order chi connectivity index (χ0) is 34.1. The first-order chi connectivity index (χ1) is 22.6. The molecule has 0 bridgehead atoms. The van der Waals surface area contributed by atoms with Crippen LogP contribution in [0.5, 0.6) is 11.5 Å². The summed E-state index contributed by atoms with van der Waals surface area (Å²) in [7, 11) is -3.41. The highest BCUT2D eigenvalue weighted by Gasteiger charge is 2.14. The summed E-state index contributed by atoms with van der Waals surface area (Å²) in [5.74, 6) is 0.808. The van der Waals surface area contributed by atoms with Gasteiger partial charge in [0.05, 0.1) is 31.3 Å². The molecule has 10 nitrogen and oxygen atoms in total. The molecule has 0 heterocycles. The molecule has 0 amide bonds. The zero-order valence-corrected chi connectivity index (χ0v) is 30.7. The molecule has 0 saturated heterocycles. The molecule has 0 aliphatic rings. The Morgan fingerprint density at radius 3 is 2.02 bits per heavy atom. The molecule has 3 rings (SSSR count). The van der Waals surface area contributed by atoms with E-state index < -0.39 is 9.84 Å². The van der Waals surface area contributed by atoms with Crippen molar-refractivity contribution in [1.82, 2.24) is 0 Å². The highest BCUT2D eigenvalue weighted by molar-refractivity contribution is 7.98. The molecular weight excluding hydrogens is 669 g/mol. The molecule has 49 heavy (non-hydrogen) atoms. The van der Waals surface area contributed by atoms with Crippen LogP contribution in [0.2, 0.25) is 0 Å². The normalized spacial score (nSPS) is 10.8. The number of carbonyl (C=O) groups excluding carboxylic acids is 2. The summed E-state index contributed by atoms with van der Waals surface area (Å²) < 4.78 is 47.0. The molecule has 0 saturated carbocycles. The Morgan fingerprint density at radius 1 is 0.714 bits per heavy atom. The van der Waals surface area contributed by atoms with E-state index in [1.165, 1.54) is 6.26 Å². The van der Waals surface area contributed by atoms with E-state index in [-0.39, 0.29) is 34.2 Å². The second kappa shape index (κ2) is 22.9. The van der Waals surface area contributed by atoms with Crippen LogP contribution in [0.3, 0.4) is 0 Å². The van der Waals surface area contributed by atoms with Crippen LogP contribution < -0.4 is 9.47 Å². The number of aryl methyl sites for hydroxylation is 1. The lowest BCUT2D eigenvalue weighted by atomic mass is 9.96. The summed E-state index contributed by atoms with van der Waals surface area (Å²) >= 11 is 1.66. The first kappa shape index (κ1) is 43.4. The first-order valence-electron chi connectivity index (χ1n) is 16.3. The van der Waals surface area contributed by atoms with Crippen LogP contribution in [0.25, 0.3) is 11.1 Å². The van der Waals surface area contributed by atoms with Gasteiger partial charge in [0.1, 0.15) is 11.5 Å². The summed E-state index contributed by atoms with van der Waals surface area (Å²) in [5, 5.41) is 0. The fourth-order valence-electron chi connectivity index (χ4n) is 5.14. The molecule has 0 unspecified atom stereocenters. The van der Waals surface area contributed by atoms with Crippen LogP contribution in [0.1, 0.15) is 69.9 Å². The third-order valence-electron chi connectivity index (χ3n) is 7.54. The van der Waals surface area contributed by atoms with Crippen molar-refractivity contribution in [2.75, 3.05) is 38.9 Å². The average Bonchev–Trinajstić information content (AvgIpc) is 3.05. The van der Waals surface area contributed by atoms with Gasteiger partial charge in [0.15, 0.2) is 9.84 Å². The molecule has 4 N–H and O–H groups in total. The fourth-order valence-corrected chi connectivity index (χ4v) is 6.22. The summed E-state index contributed by atoms with van der Waals surface area (Å²) in [6, 6.07) is 19.2. The van der Waals surface area contributed by atoms with Gasteiger partial charge in [-0.15, -0.1) is 11.8 Å². The molecule has 0 aromatic heterocycles. The zero-order valence-electron chi connectivity index (χ0n) is 29.0. The van der Waals surface area contributed by atoms with Gasteiger partial charge < -0.3 is 29.9 Å². The summed E-state index contributed by atoms with van der Waals surface area (Å²) in [4.78, 5) is 25.2. The number of unbranched alkanes of at least 4 members (excludes halogenated alkanes) is 3. The molecule has 0 spiro atoms. The standard InChI is InChI=1S/C37H48O8S2.2H2O/c1-5-42-36(38)16-12-24-45-35-15-11-14-29(34(35)21-22-37(39)43-6-2)13-9-7-8-10-23-44-31-25-30(26-33(27-31)47(4,40)41)28-17-19-32(46-3)20-18-28;;/h11,14-15,17-20,25-27H,5-10,12-13,16,21-24H2,1-4H3;2*1H2. The van der Waals surface area contributed by atoms with Crippen LogP contribution >= 0.6 is 11.8 Å². The van der Waals surface area contributed by atoms with Crippen molar-refractivity contribution in [3.63, 3.8) is 0 Å². The lowest BCUT2D eigenvalue weighted by Gasteiger charge is -2.16. The minimum Gasteiger partial charge on any atom is -0.494 e. The van der Waals surface area contributed by atoms with E-state index >= 15 is 0 Å². The minimum atomic E-state index is -3.41. The first-order valence-corrected chi connectivity index (χ1v) is 19.4. The highest BCUT2D eigenvalue weighted by Crippen LogP contribution is 2.30. The Balaban J connectivity index is 0.00000600. The Labute approximate surface area is 295 Å². The van der Waals surface area contributed by atoms with Crippen LogP contribution in [0.15, 0.2) is 70.5 Å². The summed E-state index contributed by atoms with van der Waals surface area (Å²) in [6.07, 6.45) is 9.44. The van der Waals surface area contributed by atoms with E-state index in [1.807, 2.05) is 48.7 Å². The van der Waals surface area contributed by atoms with Gasteiger partial charge in [-0.1, -0.05) is 37.1 Å². The lowest BCUT2D eigenvalue weighted by molar-refractivity contribution is -0.144. The van der Waals surface area contributed by atoms with Gasteiger partial charge in [0.2, 0.25) is 0 Å². The third kappa shape index (κ3) is 15.2. The van der Waals surface area contributed by atoms with Gasteiger partial charge in [-0.25, -0.2) is 8.42 Å². The lowest BCUT2D eigenvalue weighted by Crippen LogP contribution is -2.10. The maximum atomic E-state index is 12.4. The number of sulfone groups is 1. The highest BCUT2D eigenvalue weighted by atomic mass is 32.2. The van der Waals surface area contributed by atoms with Crippen LogP contribution in [-0.2, 0) is 41.7 Å². The molecule has 272 valence electrons. The Morgan fingerprint density at radius 2 is 1.37 bits per heavy atom. The van der Waals surface area contributed by atoms with E-state index in [9.17, 15) is 18.0 Å². The third-order valence-corrected chi connectivity index (χ3v) is 9.38. The van der Waals surface area contributed by atoms with E-state index in [1.54, 1.807) is 37.7 Å². The van der Waals surface area contributed by atoms with Gasteiger partial charge in [-0.2, -0.15) is 0 Å². The molecule has 0 radical (unpaired) electrons. The molecule has 0 aliphatic heterocycles. The molecule has 12 heteroatoms. The second-order valence-electron chi connectivity index (χ2n) is 11.2. The predicted molar refractivity (Wildman–Crippen MR) is 194 cm³/mol. The second-order valence-corrected chi connectivity index (χ2v) is 14.1. The molecule has 0 atom stereocenters. The number of thioether (sulfide) groups is 1. The Hall–Kier alpha value is -3.58. The SMILES string of the molecule is CCOC(=O)CCCOc1cccc(CCCCCCOc2cc(-c3ccc(SC)cc3)cc(S(C)(=O)=O)c2)c1CCC(=O)OCC.O.O. The van der Waals surface area contributed by atoms with Crippen LogP contribution in [0.4, 0.5) is 0 Å². The topological polar surface area (TPSA) is 168 Å². The van der Waals surface area contributed by atoms with Crippen molar-refractivity contribution in [2.45, 2.75) is 81.4 Å². The van der Waals surface area contributed by atoms with E-state index in [4.69, 9.17) is 18.9 Å². The maximum absolute atomic E-state index is 12.4. The predicted octanol–water partition coefficient (Wildman–Crippen LogP) is 6.23. The molecule has 3 aromatic carbocycles. The maximum Gasteiger partial charge on any atom is 0.306 e. The van der Waals surface area contributed by atoms with Crippen molar-refractivity contribution in [1.29, 1.82) is 0 Å². The number of rotatable bonds is 21. The number of esters is 2. The fraction of sp³-hybridized carbons (Fsp3) is 0.459. The van der Waals surface area contributed by atoms with Crippen molar-refractivity contribution in [3.8, 4) is 22.6 Å².